The average Bonchev–Trinajstić information content (AvgIpc) is 2.58. The zero-order valence-corrected chi connectivity index (χ0v) is 9.67. The van der Waals surface area contributed by atoms with Crippen LogP contribution < -0.4 is 0 Å². The molecule has 5 heteroatoms. The summed E-state index contributed by atoms with van der Waals surface area (Å²) in [7, 11) is 3.09. The first-order valence-corrected chi connectivity index (χ1v) is 5.08. The number of aromatic nitrogens is 2. The number of halogens is 1. The van der Waals surface area contributed by atoms with E-state index < -0.39 is 5.97 Å². The van der Waals surface area contributed by atoms with E-state index in [4.69, 9.17) is 0 Å². The number of hydrogen-bond acceptors (Lipinski definition) is 3. The first kappa shape index (κ1) is 11.0. The van der Waals surface area contributed by atoms with Crippen LogP contribution in [0.3, 0.4) is 0 Å². The van der Waals surface area contributed by atoms with E-state index in [2.05, 4.69) is 32.3 Å². The summed E-state index contributed by atoms with van der Waals surface area (Å²) in [5.74, 6) is -0.436. The number of allylic oxidation sites excluding steroid dienone is 1. The Morgan fingerprint density at radius 3 is 2.93 bits per heavy atom. The highest BCUT2D eigenvalue weighted by Crippen LogP contribution is 2.15. The van der Waals surface area contributed by atoms with Gasteiger partial charge < -0.3 is 4.74 Å². The van der Waals surface area contributed by atoms with Gasteiger partial charge in [-0.15, -0.1) is 0 Å². The van der Waals surface area contributed by atoms with Crippen molar-refractivity contribution in [3.8, 4) is 0 Å². The summed E-state index contributed by atoms with van der Waals surface area (Å²) < 4.78 is 6.17. The third-order valence-electron chi connectivity index (χ3n) is 1.80. The van der Waals surface area contributed by atoms with Gasteiger partial charge in [0.05, 0.1) is 12.8 Å². The molecule has 0 bridgehead atoms. The van der Waals surface area contributed by atoms with E-state index in [1.165, 1.54) is 7.11 Å². The Bertz CT molecular complexity index is 371. The fraction of sp³-hybridized carbons (Fsp3) is 0.333. The van der Waals surface area contributed by atoms with Crippen molar-refractivity contribution in [1.29, 1.82) is 0 Å². The molecule has 0 radical (unpaired) electrons. The van der Waals surface area contributed by atoms with Crippen molar-refractivity contribution >= 4 is 27.5 Å². The standard InChI is InChI=1S/C9H11BrN2O2/c1-6(5-10)8-4-7(9(13)14-3)11-12(8)2/h4H,1,5H2,2-3H3. The lowest BCUT2D eigenvalue weighted by Gasteiger charge is -1.99. The van der Waals surface area contributed by atoms with Gasteiger partial charge in [-0.05, 0) is 11.6 Å². The van der Waals surface area contributed by atoms with Gasteiger partial charge in [-0.3, -0.25) is 4.68 Å². The van der Waals surface area contributed by atoms with Crippen molar-refractivity contribution in [2.45, 2.75) is 0 Å². The molecule has 0 spiro atoms. The molecule has 0 aliphatic rings. The normalized spacial score (nSPS) is 9.93. The topological polar surface area (TPSA) is 44.1 Å². The SMILES string of the molecule is C=C(CBr)c1cc(C(=O)OC)nn1C. The third kappa shape index (κ3) is 2.04. The lowest BCUT2D eigenvalue weighted by atomic mass is 10.2. The van der Waals surface area contributed by atoms with Crippen LogP contribution in [0.25, 0.3) is 5.57 Å². The van der Waals surface area contributed by atoms with Gasteiger partial charge in [0.1, 0.15) is 0 Å². The fourth-order valence-corrected chi connectivity index (χ4v) is 1.36. The maximum absolute atomic E-state index is 11.2. The minimum atomic E-state index is -0.436. The van der Waals surface area contributed by atoms with Crippen molar-refractivity contribution in [3.63, 3.8) is 0 Å². The van der Waals surface area contributed by atoms with Crippen LogP contribution in [0.2, 0.25) is 0 Å². The van der Waals surface area contributed by atoms with E-state index >= 15 is 0 Å². The summed E-state index contributed by atoms with van der Waals surface area (Å²) in [5.41, 5.74) is 1.99. The minimum Gasteiger partial charge on any atom is -0.464 e. The molecule has 76 valence electrons. The quantitative estimate of drug-likeness (QED) is 0.612. The van der Waals surface area contributed by atoms with E-state index in [0.29, 0.717) is 11.0 Å². The van der Waals surface area contributed by atoms with Crippen LogP contribution in [0, 0.1) is 0 Å². The molecule has 0 aromatic carbocycles. The van der Waals surface area contributed by atoms with Gasteiger partial charge in [0.2, 0.25) is 0 Å². The smallest absolute Gasteiger partial charge is 0.358 e. The molecule has 0 aliphatic carbocycles. The van der Waals surface area contributed by atoms with Crippen LogP contribution in [0.5, 0.6) is 0 Å². The molecule has 1 rings (SSSR count). The van der Waals surface area contributed by atoms with Gasteiger partial charge in [-0.25, -0.2) is 4.79 Å². The Kier molecular flexibility index (Phi) is 3.46. The lowest BCUT2D eigenvalue weighted by Crippen LogP contribution is -2.03. The Morgan fingerprint density at radius 1 is 1.79 bits per heavy atom. The zero-order valence-electron chi connectivity index (χ0n) is 8.08. The largest absolute Gasteiger partial charge is 0.464 e. The van der Waals surface area contributed by atoms with E-state index in [-0.39, 0.29) is 0 Å². The van der Waals surface area contributed by atoms with E-state index in [1.54, 1.807) is 17.8 Å². The van der Waals surface area contributed by atoms with E-state index in [9.17, 15) is 4.79 Å². The average molecular weight is 259 g/mol. The van der Waals surface area contributed by atoms with Crippen molar-refractivity contribution in [1.82, 2.24) is 9.78 Å². The molecule has 0 saturated carbocycles. The van der Waals surface area contributed by atoms with Crippen LogP contribution in [0.15, 0.2) is 12.6 Å². The van der Waals surface area contributed by atoms with Crippen molar-refractivity contribution in [3.05, 3.63) is 24.0 Å². The first-order valence-electron chi connectivity index (χ1n) is 3.96. The predicted molar refractivity (Wildman–Crippen MR) is 57.4 cm³/mol. The Morgan fingerprint density at radius 2 is 2.43 bits per heavy atom. The van der Waals surface area contributed by atoms with Gasteiger partial charge >= 0.3 is 5.97 Å². The molecular formula is C9H11BrN2O2. The Hall–Kier alpha value is -1.10. The molecule has 0 amide bonds. The molecule has 0 atom stereocenters. The Balaban J connectivity index is 3.05. The maximum Gasteiger partial charge on any atom is 0.358 e. The number of carbonyl (C=O) groups is 1. The molecule has 1 heterocycles. The minimum absolute atomic E-state index is 0.298. The monoisotopic (exact) mass is 258 g/mol. The van der Waals surface area contributed by atoms with Crippen molar-refractivity contribution in [2.75, 3.05) is 12.4 Å². The second kappa shape index (κ2) is 4.41. The highest BCUT2D eigenvalue weighted by Gasteiger charge is 2.13. The zero-order chi connectivity index (χ0) is 10.7. The summed E-state index contributed by atoms with van der Waals surface area (Å²) in [5, 5.41) is 4.66. The summed E-state index contributed by atoms with van der Waals surface area (Å²) >= 11 is 3.29. The fourth-order valence-electron chi connectivity index (χ4n) is 1.07. The molecule has 0 saturated heterocycles. The van der Waals surface area contributed by atoms with Gasteiger partial charge in [0.25, 0.3) is 0 Å². The second-order valence-electron chi connectivity index (χ2n) is 2.77. The van der Waals surface area contributed by atoms with E-state index in [1.807, 2.05) is 0 Å². The number of ether oxygens (including phenoxy) is 1. The lowest BCUT2D eigenvalue weighted by molar-refractivity contribution is 0.0593. The Labute approximate surface area is 90.7 Å². The van der Waals surface area contributed by atoms with Gasteiger partial charge in [0, 0.05) is 12.4 Å². The number of nitrogens with zero attached hydrogens (tertiary/aromatic N) is 2. The van der Waals surface area contributed by atoms with Gasteiger partial charge in [-0.1, -0.05) is 22.5 Å². The summed E-state index contributed by atoms with van der Waals surface area (Å²) in [6.07, 6.45) is 0. The van der Waals surface area contributed by atoms with Crippen molar-refractivity contribution < 1.29 is 9.53 Å². The number of hydrogen-bond donors (Lipinski definition) is 0. The molecule has 1 aromatic heterocycles. The highest BCUT2D eigenvalue weighted by atomic mass is 79.9. The molecule has 0 unspecified atom stereocenters. The summed E-state index contributed by atoms with van der Waals surface area (Å²) in [6.45, 7) is 3.84. The number of carbonyl (C=O) groups excluding carboxylic acids is 1. The molecule has 1 aromatic rings. The first-order chi connectivity index (χ1) is 6.60. The predicted octanol–water partition coefficient (Wildman–Crippen LogP) is 1.61. The van der Waals surface area contributed by atoms with Gasteiger partial charge in [-0.2, -0.15) is 5.10 Å². The number of rotatable bonds is 3. The van der Waals surface area contributed by atoms with E-state index in [0.717, 1.165) is 11.3 Å². The third-order valence-corrected chi connectivity index (χ3v) is 2.47. The molecule has 0 aliphatic heterocycles. The number of methoxy groups -OCH3 is 1. The summed E-state index contributed by atoms with van der Waals surface area (Å²) in [4.78, 5) is 11.2. The number of esters is 1. The van der Waals surface area contributed by atoms with Crippen LogP contribution in [-0.2, 0) is 11.8 Å². The van der Waals surface area contributed by atoms with Crippen molar-refractivity contribution in [2.24, 2.45) is 7.05 Å². The summed E-state index contributed by atoms with van der Waals surface area (Å²) in [6, 6.07) is 1.66. The molecule has 0 N–H and O–H groups in total. The van der Waals surface area contributed by atoms with Gasteiger partial charge in [0.15, 0.2) is 5.69 Å². The maximum atomic E-state index is 11.2. The molecule has 14 heavy (non-hydrogen) atoms. The van der Waals surface area contributed by atoms with Crippen LogP contribution in [0.1, 0.15) is 16.2 Å². The molecule has 4 nitrogen and oxygen atoms in total. The number of aryl methyl sites for hydroxylation is 1. The molecule has 0 fully saturated rings. The second-order valence-corrected chi connectivity index (χ2v) is 3.33. The highest BCUT2D eigenvalue weighted by molar-refractivity contribution is 9.09. The number of alkyl halides is 1. The van der Waals surface area contributed by atoms with Crippen LogP contribution in [-0.4, -0.2) is 28.2 Å². The van der Waals surface area contributed by atoms with Crippen LogP contribution >= 0.6 is 15.9 Å². The molecular weight excluding hydrogens is 248 g/mol. The van der Waals surface area contributed by atoms with Crippen LogP contribution in [0.4, 0.5) is 0 Å².